The van der Waals surface area contributed by atoms with E-state index in [1.54, 1.807) is 19.3 Å². The van der Waals surface area contributed by atoms with Gasteiger partial charge in [0.05, 0.1) is 0 Å². The number of hydrogen-bond acceptors (Lipinski definition) is 2. The molecule has 0 aromatic carbocycles. The minimum atomic E-state index is 0.156. The molecule has 0 saturated heterocycles. The summed E-state index contributed by atoms with van der Waals surface area (Å²) in [5.74, 6) is 0.678. The van der Waals surface area contributed by atoms with Gasteiger partial charge in [0.2, 0.25) is 0 Å². The predicted octanol–water partition coefficient (Wildman–Crippen LogP) is 1.57. The molecule has 0 bridgehead atoms. The van der Waals surface area contributed by atoms with Crippen molar-refractivity contribution in [1.29, 1.82) is 0 Å². The highest BCUT2D eigenvalue weighted by Gasteiger charge is 1.92. The van der Waals surface area contributed by atoms with Crippen molar-refractivity contribution in [1.82, 2.24) is 8.96 Å². The molecule has 1 aromatic rings. The van der Waals surface area contributed by atoms with Gasteiger partial charge >= 0.3 is 0 Å². The topological polar surface area (TPSA) is 17.8 Å². The highest BCUT2D eigenvalue weighted by molar-refractivity contribution is 7.92. The summed E-state index contributed by atoms with van der Waals surface area (Å²) < 4.78 is 13.0. The highest BCUT2D eigenvalue weighted by Crippen LogP contribution is 2.07. The molecule has 1 heterocycles. The van der Waals surface area contributed by atoms with Crippen LogP contribution in [0.25, 0.3) is 0 Å². The van der Waals surface area contributed by atoms with Gasteiger partial charge in [-0.15, -0.1) is 3.89 Å². The Morgan fingerprint density at radius 3 is 2.88 bits per heavy atom. The largest absolute Gasteiger partial charge is 0.250 e. The van der Waals surface area contributed by atoms with Crippen LogP contribution in [0, 0.1) is 6.92 Å². The van der Waals surface area contributed by atoms with Gasteiger partial charge in [0.25, 0.3) is 0 Å². The summed E-state index contributed by atoms with van der Waals surface area (Å²) in [7, 11) is 0. The summed E-state index contributed by atoms with van der Waals surface area (Å²) in [6.45, 7) is 1.74. The molecule has 1 aromatic heterocycles. The first-order valence-electron chi connectivity index (χ1n) is 2.13. The second-order valence-electron chi connectivity index (χ2n) is 1.37. The van der Waals surface area contributed by atoms with E-state index in [1.165, 1.54) is 3.97 Å². The van der Waals surface area contributed by atoms with Gasteiger partial charge in [-0.3, -0.25) is 3.97 Å². The van der Waals surface area contributed by atoms with Crippen molar-refractivity contribution in [3.05, 3.63) is 18.2 Å². The minimum Gasteiger partial charge on any atom is -0.250 e. The highest BCUT2D eigenvalue weighted by atomic mass is 32.2. The lowest BCUT2D eigenvalue weighted by Gasteiger charge is -1.89. The number of imidazole rings is 1. The van der Waals surface area contributed by atoms with Crippen molar-refractivity contribution in [3.63, 3.8) is 0 Å². The summed E-state index contributed by atoms with van der Waals surface area (Å²) in [6.07, 6.45) is 3.13. The molecule has 0 aliphatic heterocycles. The number of aryl methyl sites for hydroxylation is 1. The standard InChI is InChI=1S/C4H5FN2S/c1-4-6-2-3-7(4)8-5/h2-3H,1H3. The van der Waals surface area contributed by atoms with Crippen LogP contribution in [0.1, 0.15) is 5.82 Å². The molecule has 0 atom stereocenters. The molecule has 44 valence electrons. The molecule has 4 heteroatoms. The molecule has 0 fully saturated rings. The van der Waals surface area contributed by atoms with Crippen LogP contribution in [-0.2, 0) is 0 Å². The maximum Gasteiger partial charge on any atom is 0.170 e. The van der Waals surface area contributed by atoms with Gasteiger partial charge in [-0.05, 0) is 6.92 Å². The van der Waals surface area contributed by atoms with Gasteiger partial charge in [-0.1, -0.05) is 0 Å². The van der Waals surface area contributed by atoms with Crippen molar-refractivity contribution in [2.24, 2.45) is 0 Å². The Hall–Kier alpha value is -0.510. The zero-order valence-electron chi connectivity index (χ0n) is 4.34. The molecule has 1 rings (SSSR count). The van der Waals surface area contributed by atoms with Crippen LogP contribution in [-0.4, -0.2) is 8.96 Å². The molecule has 0 spiro atoms. The lowest BCUT2D eigenvalue weighted by atomic mass is 10.8. The zero-order valence-corrected chi connectivity index (χ0v) is 5.15. The monoisotopic (exact) mass is 132 g/mol. The number of aromatic nitrogens is 2. The molecule has 0 aliphatic carbocycles. The van der Waals surface area contributed by atoms with Crippen LogP contribution < -0.4 is 0 Å². The third-order valence-electron chi connectivity index (χ3n) is 0.857. The van der Waals surface area contributed by atoms with Crippen LogP contribution in [0.5, 0.6) is 0 Å². The van der Waals surface area contributed by atoms with Gasteiger partial charge in [0, 0.05) is 12.4 Å². The van der Waals surface area contributed by atoms with Gasteiger partial charge in [0.15, 0.2) is 12.3 Å². The molecule has 0 saturated carbocycles. The smallest absolute Gasteiger partial charge is 0.170 e. The second-order valence-corrected chi connectivity index (χ2v) is 1.90. The summed E-state index contributed by atoms with van der Waals surface area (Å²) in [6, 6.07) is 0. The van der Waals surface area contributed by atoms with Crippen molar-refractivity contribution < 1.29 is 3.89 Å². The Morgan fingerprint density at radius 2 is 2.62 bits per heavy atom. The van der Waals surface area contributed by atoms with Gasteiger partial charge in [-0.25, -0.2) is 4.98 Å². The lowest BCUT2D eigenvalue weighted by Crippen LogP contribution is -1.82. The van der Waals surface area contributed by atoms with E-state index in [0.29, 0.717) is 5.82 Å². The summed E-state index contributed by atoms with van der Waals surface area (Å²) in [4.78, 5) is 3.79. The Morgan fingerprint density at radius 1 is 1.88 bits per heavy atom. The first-order chi connectivity index (χ1) is 3.84. The van der Waals surface area contributed by atoms with Crippen LogP contribution in [0.4, 0.5) is 3.89 Å². The van der Waals surface area contributed by atoms with Crippen molar-refractivity contribution in [2.75, 3.05) is 0 Å². The molecule has 0 amide bonds. The van der Waals surface area contributed by atoms with Crippen LogP contribution in [0.15, 0.2) is 12.4 Å². The number of nitrogens with zero attached hydrogens (tertiary/aromatic N) is 2. The van der Waals surface area contributed by atoms with E-state index >= 15 is 0 Å². The Bertz CT molecular complexity index is 174. The quantitative estimate of drug-likeness (QED) is 0.577. The van der Waals surface area contributed by atoms with Gasteiger partial charge < -0.3 is 0 Å². The van der Waals surface area contributed by atoms with E-state index in [2.05, 4.69) is 4.98 Å². The lowest BCUT2D eigenvalue weighted by molar-refractivity contribution is 0.905. The maximum atomic E-state index is 11.7. The zero-order chi connectivity index (χ0) is 5.98. The fraction of sp³-hybridized carbons (Fsp3) is 0.250. The second kappa shape index (κ2) is 2.17. The van der Waals surface area contributed by atoms with Crippen molar-refractivity contribution in [2.45, 2.75) is 6.92 Å². The van der Waals surface area contributed by atoms with Gasteiger partial charge in [0.1, 0.15) is 5.82 Å². The van der Waals surface area contributed by atoms with Crippen LogP contribution in [0.3, 0.4) is 0 Å². The number of halogens is 1. The minimum absolute atomic E-state index is 0.156. The number of hydrogen-bond donors (Lipinski definition) is 0. The van der Waals surface area contributed by atoms with Crippen LogP contribution >= 0.6 is 12.3 Å². The normalized spacial score (nSPS) is 9.75. The summed E-state index contributed by atoms with van der Waals surface area (Å²) in [5, 5.41) is 0. The Labute approximate surface area is 51.2 Å². The third-order valence-corrected chi connectivity index (χ3v) is 1.39. The van der Waals surface area contributed by atoms with E-state index in [1.807, 2.05) is 0 Å². The van der Waals surface area contributed by atoms with Crippen LogP contribution in [0.2, 0.25) is 0 Å². The average Bonchev–Trinajstić information content (AvgIpc) is 2.14. The summed E-state index contributed by atoms with van der Waals surface area (Å²) in [5.41, 5.74) is 0. The van der Waals surface area contributed by atoms with Crippen molar-refractivity contribution in [3.8, 4) is 0 Å². The third kappa shape index (κ3) is 0.838. The van der Waals surface area contributed by atoms with E-state index < -0.39 is 0 Å². The van der Waals surface area contributed by atoms with Crippen molar-refractivity contribution >= 4 is 12.3 Å². The molecule has 8 heavy (non-hydrogen) atoms. The summed E-state index contributed by atoms with van der Waals surface area (Å²) >= 11 is 0.156. The Balaban J connectivity index is 2.92. The van der Waals surface area contributed by atoms with E-state index in [4.69, 9.17) is 0 Å². The maximum absolute atomic E-state index is 11.7. The fourth-order valence-corrected chi connectivity index (χ4v) is 0.687. The molecular formula is C4H5FN2S. The fourth-order valence-electron chi connectivity index (χ4n) is 0.439. The van der Waals surface area contributed by atoms with E-state index in [-0.39, 0.29) is 12.3 Å². The SMILES string of the molecule is Cc1nccn1SF. The molecule has 0 radical (unpaired) electrons. The predicted molar refractivity (Wildman–Crippen MR) is 31.1 cm³/mol. The first kappa shape index (κ1) is 5.62. The molecule has 0 unspecified atom stereocenters. The number of rotatable bonds is 1. The molecule has 2 nitrogen and oxygen atoms in total. The molecule has 0 N–H and O–H groups in total. The van der Waals surface area contributed by atoms with E-state index in [9.17, 15) is 3.89 Å². The first-order valence-corrected chi connectivity index (χ1v) is 2.81. The van der Waals surface area contributed by atoms with E-state index in [0.717, 1.165) is 0 Å². The average molecular weight is 132 g/mol. The molecular weight excluding hydrogens is 127 g/mol. The Kier molecular flexibility index (Phi) is 1.53. The van der Waals surface area contributed by atoms with Gasteiger partial charge in [-0.2, -0.15) is 0 Å². The molecule has 0 aliphatic rings.